The van der Waals surface area contributed by atoms with Gasteiger partial charge >= 0.3 is 0 Å². The van der Waals surface area contributed by atoms with Gasteiger partial charge in [0.25, 0.3) is 10.0 Å². The van der Waals surface area contributed by atoms with Crippen LogP contribution in [0.5, 0.6) is 5.75 Å². The Morgan fingerprint density at radius 3 is 2.24 bits per heavy atom. The van der Waals surface area contributed by atoms with Crippen LogP contribution < -0.4 is 9.04 Å². The van der Waals surface area contributed by atoms with Crippen LogP contribution in [0.25, 0.3) is 0 Å². The molecule has 0 atom stereocenters. The molecule has 1 fully saturated rings. The van der Waals surface area contributed by atoms with Crippen LogP contribution in [-0.4, -0.2) is 46.0 Å². The topological polar surface area (TPSA) is 66.9 Å². The molecule has 1 heterocycles. The molecule has 0 bridgehead atoms. The number of likely N-dealkylation sites (tertiary alicyclic amines) is 1. The Hall–Kier alpha value is -2.61. The van der Waals surface area contributed by atoms with E-state index in [1.165, 1.54) is 43.5 Å². The minimum atomic E-state index is -4.03. The van der Waals surface area contributed by atoms with Gasteiger partial charge in [-0.1, -0.05) is 6.92 Å². The van der Waals surface area contributed by atoms with Crippen LogP contribution in [0.2, 0.25) is 0 Å². The van der Waals surface area contributed by atoms with Crippen LogP contribution in [0.3, 0.4) is 0 Å². The average molecular weight is 421 g/mol. The summed E-state index contributed by atoms with van der Waals surface area (Å²) in [6.07, 6.45) is 1.79. The maximum atomic E-state index is 13.4. The molecule has 0 N–H and O–H groups in total. The number of methoxy groups -OCH3 is 1. The SMILES string of the molecule is COc1ccc(S(=O)(=O)N(CC(=O)N2CCC(C)CC2)c2ccc(F)cc2)cc1. The fourth-order valence-corrected chi connectivity index (χ4v) is 4.69. The second-order valence-electron chi connectivity index (χ2n) is 7.23. The standard InChI is InChI=1S/C21H25FN2O4S/c1-16-11-13-23(14-12-16)21(25)15-24(18-5-3-17(22)4-6-18)29(26,27)20-9-7-19(28-2)8-10-20/h3-10,16H,11-15H2,1-2H3. The maximum Gasteiger partial charge on any atom is 0.264 e. The van der Waals surface area contributed by atoms with Crippen molar-refractivity contribution in [3.05, 3.63) is 54.3 Å². The molecule has 2 aromatic rings. The van der Waals surface area contributed by atoms with Gasteiger partial charge in [-0.3, -0.25) is 9.10 Å². The zero-order valence-corrected chi connectivity index (χ0v) is 17.4. The van der Waals surface area contributed by atoms with Crippen molar-refractivity contribution in [3.8, 4) is 5.75 Å². The summed E-state index contributed by atoms with van der Waals surface area (Å²) in [6, 6.07) is 11.0. The zero-order chi connectivity index (χ0) is 21.0. The van der Waals surface area contributed by atoms with Gasteiger partial charge in [0.1, 0.15) is 18.1 Å². The van der Waals surface area contributed by atoms with E-state index in [9.17, 15) is 17.6 Å². The van der Waals surface area contributed by atoms with E-state index in [2.05, 4.69) is 6.92 Å². The summed E-state index contributed by atoms with van der Waals surface area (Å²) < 4.78 is 46.1. The van der Waals surface area contributed by atoms with Gasteiger partial charge in [0.05, 0.1) is 17.7 Å². The van der Waals surface area contributed by atoms with Gasteiger partial charge < -0.3 is 9.64 Å². The molecule has 1 amide bonds. The van der Waals surface area contributed by atoms with Crippen molar-refractivity contribution in [1.29, 1.82) is 0 Å². The van der Waals surface area contributed by atoms with Crippen LogP contribution in [0.4, 0.5) is 10.1 Å². The van der Waals surface area contributed by atoms with E-state index in [0.717, 1.165) is 17.1 Å². The first-order valence-electron chi connectivity index (χ1n) is 9.51. The first-order chi connectivity index (χ1) is 13.8. The number of carbonyl (C=O) groups excluding carboxylic acids is 1. The molecule has 8 heteroatoms. The summed E-state index contributed by atoms with van der Waals surface area (Å²) in [7, 11) is -2.54. The van der Waals surface area contributed by atoms with E-state index in [4.69, 9.17) is 4.74 Å². The van der Waals surface area contributed by atoms with Crippen LogP contribution in [0.15, 0.2) is 53.4 Å². The highest BCUT2D eigenvalue weighted by atomic mass is 32.2. The van der Waals surface area contributed by atoms with Crippen molar-refractivity contribution in [3.63, 3.8) is 0 Å². The second-order valence-corrected chi connectivity index (χ2v) is 9.09. The summed E-state index contributed by atoms with van der Waals surface area (Å²) in [6.45, 7) is 3.02. The van der Waals surface area contributed by atoms with Crippen LogP contribution >= 0.6 is 0 Å². The summed E-state index contributed by atoms with van der Waals surface area (Å²) in [5.41, 5.74) is 0.237. The Balaban J connectivity index is 1.91. The lowest BCUT2D eigenvalue weighted by Crippen LogP contribution is -2.45. The molecular formula is C21H25FN2O4S. The summed E-state index contributed by atoms with van der Waals surface area (Å²) in [5.74, 6) is 0.330. The molecule has 0 saturated carbocycles. The molecule has 0 aromatic heterocycles. The van der Waals surface area contributed by atoms with Crippen molar-refractivity contribution in [2.24, 2.45) is 5.92 Å². The molecule has 1 aliphatic heterocycles. The first-order valence-corrected chi connectivity index (χ1v) is 11.0. The second kappa shape index (κ2) is 8.82. The lowest BCUT2D eigenvalue weighted by atomic mass is 9.99. The molecule has 0 radical (unpaired) electrons. The lowest BCUT2D eigenvalue weighted by Gasteiger charge is -2.32. The summed E-state index contributed by atoms with van der Waals surface area (Å²) in [4.78, 5) is 14.6. The number of benzene rings is 2. The van der Waals surface area contributed by atoms with Crippen LogP contribution in [-0.2, 0) is 14.8 Å². The third-order valence-corrected chi connectivity index (χ3v) is 6.97. The molecule has 1 aliphatic rings. The molecule has 3 rings (SSSR count). The number of halogens is 1. The number of amides is 1. The van der Waals surface area contributed by atoms with Crippen molar-refractivity contribution in [2.45, 2.75) is 24.7 Å². The first kappa shape index (κ1) is 21.1. The molecule has 1 saturated heterocycles. The number of hydrogen-bond acceptors (Lipinski definition) is 4. The van der Waals surface area contributed by atoms with Crippen molar-refractivity contribution >= 4 is 21.6 Å². The number of piperidine rings is 1. The van der Waals surface area contributed by atoms with E-state index in [-0.39, 0.29) is 23.0 Å². The largest absolute Gasteiger partial charge is 0.497 e. The molecule has 2 aromatic carbocycles. The number of ether oxygens (including phenoxy) is 1. The molecule has 156 valence electrons. The predicted molar refractivity (Wildman–Crippen MR) is 109 cm³/mol. The Labute approximate surface area is 170 Å². The molecule has 0 aliphatic carbocycles. The Kier molecular flexibility index (Phi) is 6.42. The number of sulfonamides is 1. The maximum absolute atomic E-state index is 13.4. The van der Waals surface area contributed by atoms with Gasteiger partial charge in [0, 0.05) is 13.1 Å². The number of rotatable bonds is 6. The molecule has 0 unspecified atom stereocenters. The summed E-state index contributed by atoms with van der Waals surface area (Å²) >= 11 is 0. The van der Waals surface area contributed by atoms with Gasteiger partial charge in [0.2, 0.25) is 5.91 Å². The van der Waals surface area contributed by atoms with Gasteiger partial charge in [-0.15, -0.1) is 0 Å². The molecule has 0 spiro atoms. The number of hydrogen-bond donors (Lipinski definition) is 0. The van der Waals surface area contributed by atoms with Gasteiger partial charge in [-0.05, 0) is 67.3 Å². The predicted octanol–water partition coefficient (Wildman–Crippen LogP) is 3.29. The average Bonchev–Trinajstić information content (AvgIpc) is 2.73. The van der Waals surface area contributed by atoms with Crippen molar-refractivity contribution in [2.75, 3.05) is 31.0 Å². The number of anilines is 1. The van der Waals surface area contributed by atoms with E-state index < -0.39 is 15.8 Å². The highest BCUT2D eigenvalue weighted by Crippen LogP contribution is 2.26. The molecule has 29 heavy (non-hydrogen) atoms. The van der Waals surface area contributed by atoms with E-state index in [1.807, 2.05) is 0 Å². The summed E-state index contributed by atoms with van der Waals surface area (Å²) in [5, 5.41) is 0. The Morgan fingerprint density at radius 1 is 1.10 bits per heavy atom. The molecular weight excluding hydrogens is 395 g/mol. The van der Waals surface area contributed by atoms with Gasteiger partial charge in [0.15, 0.2) is 0 Å². The smallest absolute Gasteiger partial charge is 0.264 e. The fourth-order valence-electron chi connectivity index (χ4n) is 3.28. The lowest BCUT2D eigenvalue weighted by molar-refractivity contribution is -0.130. The number of nitrogens with zero attached hydrogens (tertiary/aromatic N) is 2. The highest BCUT2D eigenvalue weighted by Gasteiger charge is 2.30. The third kappa shape index (κ3) is 4.87. The fraction of sp³-hybridized carbons (Fsp3) is 0.381. The van der Waals surface area contributed by atoms with Gasteiger partial charge in [-0.2, -0.15) is 0 Å². The van der Waals surface area contributed by atoms with Crippen molar-refractivity contribution in [1.82, 2.24) is 4.90 Å². The van der Waals surface area contributed by atoms with E-state index >= 15 is 0 Å². The Morgan fingerprint density at radius 2 is 1.69 bits per heavy atom. The monoisotopic (exact) mass is 420 g/mol. The van der Waals surface area contributed by atoms with E-state index in [1.54, 1.807) is 17.0 Å². The minimum Gasteiger partial charge on any atom is -0.497 e. The quantitative estimate of drug-likeness (QED) is 0.719. The minimum absolute atomic E-state index is 0.0303. The highest BCUT2D eigenvalue weighted by molar-refractivity contribution is 7.92. The van der Waals surface area contributed by atoms with Crippen LogP contribution in [0.1, 0.15) is 19.8 Å². The molecule has 6 nitrogen and oxygen atoms in total. The van der Waals surface area contributed by atoms with Gasteiger partial charge in [-0.25, -0.2) is 12.8 Å². The zero-order valence-electron chi connectivity index (χ0n) is 16.5. The van der Waals surface area contributed by atoms with E-state index in [0.29, 0.717) is 24.8 Å². The number of carbonyl (C=O) groups is 1. The third-order valence-electron chi connectivity index (χ3n) is 5.18. The van der Waals surface area contributed by atoms with Crippen molar-refractivity contribution < 1.29 is 22.3 Å². The normalized spacial score (nSPS) is 15.2. The Bertz CT molecular complexity index is 938. The van der Waals surface area contributed by atoms with Crippen LogP contribution in [0, 0.1) is 11.7 Å².